The van der Waals surface area contributed by atoms with Crippen LogP contribution in [-0.4, -0.2) is 64.6 Å². The monoisotopic (exact) mass is 455 g/mol. The molecule has 0 bridgehead atoms. The summed E-state index contributed by atoms with van der Waals surface area (Å²) in [6.45, 7) is 3.61. The fourth-order valence-electron chi connectivity index (χ4n) is 2.68. The van der Waals surface area contributed by atoms with Crippen LogP contribution in [0.15, 0.2) is 30.3 Å². The fraction of sp³-hybridized carbons (Fsp3) is 0.524. The van der Waals surface area contributed by atoms with E-state index in [4.69, 9.17) is 15.6 Å². The van der Waals surface area contributed by atoms with Crippen molar-refractivity contribution in [3.05, 3.63) is 35.9 Å². The van der Waals surface area contributed by atoms with Crippen LogP contribution >= 0.6 is 11.8 Å². The van der Waals surface area contributed by atoms with Gasteiger partial charge in [0.25, 0.3) is 6.47 Å². The van der Waals surface area contributed by atoms with Crippen molar-refractivity contribution in [2.75, 3.05) is 12.0 Å². The third-order valence-corrected chi connectivity index (χ3v) is 4.85. The van der Waals surface area contributed by atoms with E-state index < -0.39 is 35.9 Å². The van der Waals surface area contributed by atoms with E-state index in [1.54, 1.807) is 23.9 Å². The Kier molecular flexibility index (Phi) is 14.8. The molecule has 6 N–H and O–H groups in total. The summed E-state index contributed by atoms with van der Waals surface area (Å²) in [6.07, 6.45) is 3.00. The molecule has 0 spiro atoms. The Hall–Kier alpha value is -2.59. The molecule has 0 aromatic heterocycles. The Bertz CT molecular complexity index is 687. The summed E-state index contributed by atoms with van der Waals surface area (Å²) >= 11 is 1.59. The highest BCUT2D eigenvalue weighted by Gasteiger charge is 2.28. The molecule has 1 aromatic carbocycles. The predicted molar refractivity (Wildman–Crippen MR) is 121 cm³/mol. The fourth-order valence-corrected chi connectivity index (χ4v) is 3.17. The summed E-state index contributed by atoms with van der Waals surface area (Å²) in [6, 6.07) is 6.47. The van der Waals surface area contributed by atoms with Crippen LogP contribution in [0.1, 0.15) is 32.3 Å². The van der Waals surface area contributed by atoms with Gasteiger partial charge in [0.2, 0.25) is 11.8 Å². The van der Waals surface area contributed by atoms with Gasteiger partial charge in [-0.05, 0) is 36.3 Å². The number of nitrogens with one attached hydrogen (secondary N) is 2. The average molecular weight is 456 g/mol. The molecule has 10 heteroatoms. The maximum atomic E-state index is 12.7. The summed E-state index contributed by atoms with van der Waals surface area (Å²) in [5.41, 5.74) is 6.69. The van der Waals surface area contributed by atoms with E-state index in [1.165, 1.54) is 0 Å². The first kappa shape index (κ1) is 28.4. The molecule has 0 fully saturated rings. The van der Waals surface area contributed by atoms with Gasteiger partial charge < -0.3 is 26.6 Å². The number of thioether (sulfide) groups is 1. The number of amides is 2. The summed E-state index contributed by atoms with van der Waals surface area (Å²) in [4.78, 5) is 45.0. The van der Waals surface area contributed by atoms with E-state index in [2.05, 4.69) is 10.6 Å². The number of carboxylic acid groups (broad SMARTS) is 2. The van der Waals surface area contributed by atoms with Gasteiger partial charge in [-0.3, -0.25) is 14.4 Å². The second-order valence-electron chi connectivity index (χ2n) is 7.27. The lowest BCUT2D eigenvalue weighted by molar-refractivity contribution is -0.142. The minimum absolute atomic E-state index is 0.135. The van der Waals surface area contributed by atoms with Crippen LogP contribution in [0, 0.1) is 5.92 Å². The van der Waals surface area contributed by atoms with Gasteiger partial charge >= 0.3 is 5.97 Å². The van der Waals surface area contributed by atoms with E-state index in [0.29, 0.717) is 12.8 Å². The molecule has 0 aliphatic carbocycles. The van der Waals surface area contributed by atoms with Gasteiger partial charge in [-0.15, -0.1) is 0 Å². The highest BCUT2D eigenvalue weighted by molar-refractivity contribution is 7.98. The summed E-state index contributed by atoms with van der Waals surface area (Å²) < 4.78 is 0. The molecule has 3 atom stereocenters. The van der Waals surface area contributed by atoms with Gasteiger partial charge in [0.15, 0.2) is 0 Å². The number of aliphatic carboxylic acids is 1. The number of carbonyl (C=O) groups is 4. The van der Waals surface area contributed by atoms with Crippen LogP contribution in [0.25, 0.3) is 0 Å². The van der Waals surface area contributed by atoms with Crippen molar-refractivity contribution >= 4 is 36.0 Å². The number of benzene rings is 1. The Morgan fingerprint density at radius 1 is 1.10 bits per heavy atom. The second kappa shape index (κ2) is 16.1. The zero-order valence-corrected chi connectivity index (χ0v) is 18.9. The molecule has 2 amide bonds. The lowest BCUT2D eigenvalue weighted by Crippen LogP contribution is -2.55. The molecule has 0 heterocycles. The van der Waals surface area contributed by atoms with E-state index in [9.17, 15) is 19.5 Å². The zero-order valence-electron chi connectivity index (χ0n) is 18.1. The normalized spacial score (nSPS) is 13.2. The van der Waals surface area contributed by atoms with Crippen molar-refractivity contribution in [3.8, 4) is 0 Å². The van der Waals surface area contributed by atoms with Crippen molar-refractivity contribution in [2.45, 2.75) is 51.2 Å². The minimum Gasteiger partial charge on any atom is -0.483 e. The first-order valence-corrected chi connectivity index (χ1v) is 11.2. The summed E-state index contributed by atoms with van der Waals surface area (Å²) in [7, 11) is 0. The topological polar surface area (TPSA) is 159 Å². The smallest absolute Gasteiger partial charge is 0.326 e. The Morgan fingerprint density at radius 3 is 2.13 bits per heavy atom. The molecular weight excluding hydrogens is 422 g/mol. The average Bonchev–Trinajstić information content (AvgIpc) is 2.71. The third kappa shape index (κ3) is 12.6. The Labute approximate surface area is 187 Å². The highest BCUT2D eigenvalue weighted by atomic mass is 32.2. The van der Waals surface area contributed by atoms with Crippen molar-refractivity contribution in [2.24, 2.45) is 11.7 Å². The number of carbonyl (C=O) groups excluding carboxylic acids is 2. The van der Waals surface area contributed by atoms with Crippen molar-refractivity contribution < 1.29 is 29.4 Å². The molecule has 1 aromatic rings. The van der Waals surface area contributed by atoms with Gasteiger partial charge in [0.1, 0.15) is 12.1 Å². The SMILES string of the molecule is CSCCC(N)C(=O)NC(CC(C)C)C(=O)NC(Cc1ccccc1)C(=O)O.O=CO. The molecule has 0 radical (unpaired) electrons. The molecule has 0 saturated carbocycles. The number of hydrogen-bond donors (Lipinski definition) is 5. The van der Waals surface area contributed by atoms with Crippen LogP contribution in [0.3, 0.4) is 0 Å². The molecule has 1 rings (SSSR count). The standard InChI is InChI=1S/C20H31N3O4S.CH2O2/c1-13(2)11-16(22-18(24)15(21)9-10-28-3)19(25)23-17(20(26)27)12-14-7-5-4-6-8-14;2-1-3/h4-8,13,15-17H,9-12,21H2,1-3H3,(H,22,24)(H,23,25)(H,26,27);1H,(H,2,3). The molecule has 3 unspecified atom stereocenters. The maximum Gasteiger partial charge on any atom is 0.326 e. The molecular formula is C21H33N3O6S. The van der Waals surface area contributed by atoms with Crippen molar-refractivity contribution in [1.29, 1.82) is 0 Å². The minimum atomic E-state index is -1.12. The lowest BCUT2D eigenvalue weighted by Gasteiger charge is -2.24. The van der Waals surface area contributed by atoms with Gasteiger partial charge in [0.05, 0.1) is 6.04 Å². The quantitative estimate of drug-likeness (QED) is 0.293. The molecule has 0 aliphatic heterocycles. The second-order valence-corrected chi connectivity index (χ2v) is 8.26. The molecule has 174 valence electrons. The molecule has 31 heavy (non-hydrogen) atoms. The van der Waals surface area contributed by atoms with Crippen LogP contribution in [-0.2, 0) is 25.6 Å². The predicted octanol–water partition coefficient (Wildman–Crippen LogP) is 1.11. The number of rotatable bonds is 12. The first-order valence-electron chi connectivity index (χ1n) is 9.86. The van der Waals surface area contributed by atoms with Crippen molar-refractivity contribution in [3.63, 3.8) is 0 Å². The van der Waals surface area contributed by atoms with Crippen LogP contribution < -0.4 is 16.4 Å². The Balaban J connectivity index is 0.00000282. The number of hydrogen-bond acceptors (Lipinski definition) is 6. The molecule has 0 saturated heterocycles. The summed E-state index contributed by atoms with van der Waals surface area (Å²) in [5.74, 6) is -1.15. The van der Waals surface area contributed by atoms with E-state index in [-0.39, 0.29) is 18.8 Å². The van der Waals surface area contributed by atoms with Gasteiger partial charge in [-0.25, -0.2) is 4.79 Å². The maximum absolute atomic E-state index is 12.7. The zero-order chi connectivity index (χ0) is 23.8. The first-order chi connectivity index (χ1) is 14.7. The Morgan fingerprint density at radius 2 is 1.65 bits per heavy atom. The highest BCUT2D eigenvalue weighted by Crippen LogP contribution is 2.09. The molecule has 0 aliphatic rings. The van der Waals surface area contributed by atoms with Gasteiger partial charge in [-0.1, -0.05) is 44.2 Å². The lowest BCUT2D eigenvalue weighted by atomic mass is 10.0. The van der Waals surface area contributed by atoms with E-state index >= 15 is 0 Å². The number of carboxylic acids is 1. The number of nitrogens with two attached hydrogens (primary N) is 1. The van der Waals surface area contributed by atoms with Crippen molar-refractivity contribution in [1.82, 2.24) is 10.6 Å². The summed E-state index contributed by atoms with van der Waals surface area (Å²) in [5, 5.41) is 21.6. The third-order valence-electron chi connectivity index (χ3n) is 4.21. The molecule has 9 nitrogen and oxygen atoms in total. The van der Waals surface area contributed by atoms with E-state index in [0.717, 1.165) is 11.3 Å². The van der Waals surface area contributed by atoms with Gasteiger partial charge in [0, 0.05) is 6.42 Å². The van der Waals surface area contributed by atoms with Crippen LogP contribution in [0.2, 0.25) is 0 Å². The largest absolute Gasteiger partial charge is 0.483 e. The van der Waals surface area contributed by atoms with Gasteiger partial charge in [-0.2, -0.15) is 11.8 Å². The van der Waals surface area contributed by atoms with Crippen LogP contribution in [0.5, 0.6) is 0 Å². The van der Waals surface area contributed by atoms with Crippen LogP contribution in [0.4, 0.5) is 0 Å². The van der Waals surface area contributed by atoms with E-state index in [1.807, 2.05) is 38.3 Å².